The molecule has 3 nitrogen and oxygen atoms in total. The van der Waals surface area contributed by atoms with Gasteiger partial charge in [0.1, 0.15) is 5.02 Å². The van der Waals surface area contributed by atoms with Crippen LogP contribution in [0.25, 0.3) is 0 Å². The lowest BCUT2D eigenvalue weighted by molar-refractivity contribution is 0.446. The van der Waals surface area contributed by atoms with Crippen LogP contribution in [0.5, 0.6) is 11.5 Å². The molecule has 0 radical (unpaired) electrons. The third kappa shape index (κ3) is 1.05. The van der Waals surface area contributed by atoms with E-state index < -0.39 is 0 Å². The minimum Gasteiger partial charge on any atom is -0.505 e. The van der Waals surface area contributed by atoms with Crippen molar-refractivity contribution in [2.75, 3.05) is 0 Å². The largest absolute Gasteiger partial charge is 0.505 e. The van der Waals surface area contributed by atoms with Crippen molar-refractivity contribution in [3.63, 3.8) is 0 Å². The lowest BCUT2D eigenvalue weighted by Gasteiger charge is -1.95. The summed E-state index contributed by atoms with van der Waals surface area (Å²) in [6.45, 7) is 0. The maximum absolute atomic E-state index is 8.75. The highest BCUT2D eigenvalue weighted by atomic mass is 35.5. The van der Waals surface area contributed by atoms with Gasteiger partial charge >= 0.3 is 0 Å². The molecule has 0 unspecified atom stereocenters. The lowest BCUT2D eigenvalue weighted by atomic mass is 10.4. The molecule has 1 aromatic heterocycles. The fourth-order valence-corrected chi connectivity index (χ4v) is 0.521. The first-order valence-corrected chi connectivity index (χ1v) is 2.61. The van der Waals surface area contributed by atoms with Crippen molar-refractivity contribution >= 4 is 11.6 Å². The Morgan fingerprint density at radius 3 is 2.00 bits per heavy atom. The summed E-state index contributed by atoms with van der Waals surface area (Å²) >= 11 is 5.34. The summed E-state index contributed by atoms with van der Waals surface area (Å²) in [6, 6.07) is 0. The normalized spacial score (nSPS) is 9.44. The second-order valence-electron chi connectivity index (χ2n) is 1.49. The highest BCUT2D eigenvalue weighted by molar-refractivity contribution is 6.33. The summed E-state index contributed by atoms with van der Waals surface area (Å²) in [4.78, 5) is 3.46. The van der Waals surface area contributed by atoms with Gasteiger partial charge in [0, 0.05) is 0 Å². The van der Waals surface area contributed by atoms with Gasteiger partial charge in [-0.2, -0.15) is 0 Å². The molecular formula is C5H4ClNO2. The molecule has 0 spiro atoms. The fourth-order valence-electron chi connectivity index (χ4n) is 0.423. The number of rotatable bonds is 0. The Hall–Kier alpha value is -0.960. The minimum absolute atomic E-state index is 0.0648. The zero-order valence-electron chi connectivity index (χ0n) is 4.37. The van der Waals surface area contributed by atoms with Gasteiger partial charge in [-0.15, -0.1) is 0 Å². The summed E-state index contributed by atoms with van der Waals surface area (Å²) in [6.07, 6.45) is 2.31. The molecule has 0 fully saturated rings. The van der Waals surface area contributed by atoms with Crippen LogP contribution in [0.2, 0.25) is 5.02 Å². The quantitative estimate of drug-likeness (QED) is 0.576. The Bertz CT molecular complexity index is 206. The van der Waals surface area contributed by atoms with E-state index in [0.717, 1.165) is 12.4 Å². The summed E-state index contributed by atoms with van der Waals surface area (Å²) in [7, 11) is 0. The summed E-state index contributed by atoms with van der Waals surface area (Å²) in [5.74, 6) is -0.423. The third-order valence-electron chi connectivity index (χ3n) is 0.843. The van der Waals surface area contributed by atoms with Gasteiger partial charge in [0.15, 0.2) is 11.5 Å². The maximum atomic E-state index is 8.75. The Morgan fingerprint density at radius 1 is 1.22 bits per heavy atom. The molecule has 0 aliphatic heterocycles. The van der Waals surface area contributed by atoms with Gasteiger partial charge in [-0.25, -0.2) is 0 Å². The molecule has 1 heterocycles. The van der Waals surface area contributed by atoms with Crippen LogP contribution >= 0.6 is 11.6 Å². The molecule has 0 aliphatic rings. The molecule has 0 aliphatic carbocycles. The van der Waals surface area contributed by atoms with Gasteiger partial charge in [0.2, 0.25) is 0 Å². The van der Waals surface area contributed by atoms with E-state index in [9.17, 15) is 0 Å². The van der Waals surface area contributed by atoms with Crippen molar-refractivity contribution in [1.82, 2.24) is 4.98 Å². The second kappa shape index (κ2) is 2.11. The highest BCUT2D eigenvalue weighted by Gasteiger charge is 2.01. The van der Waals surface area contributed by atoms with Crippen molar-refractivity contribution in [1.29, 1.82) is 0 Å². The SMILES string of the molecule is Oc1cncc(O)c1Cl. The maximum Gasteiger partial charge on any atom is 0.156 e. The average Bonchev–Trinajstić information content (AvgIpc) is 1.83. The van der Waals surface area contributed by atoms with Crippen molar-refractivity contribution in [3.8, 4) is 11.5 Å². The average molecular weight is 146 g/mol. The van der Waals surface area contributed by atoms with Crippen LogP contribution in [-0.4, -0.2) is 15.2 Å². The molecule has 1 aromatic rings. The van der Waals surface area contributed by atoms with E-state index in [4.69, 9.17) is 21.8 Å². The van der Waals surface area contributed by atoms with Gasteiger partial charge in [0.25, 0.3) is 0 Å². The molecule has 0 amide bonds. The standard InChI is InChI=1S/C5H4ClNO2/c6-5-3(8)1-7-2-4(5)9/h1-2,8-9H. The molecule has 0 bridgehead atoms. The molecule has 0 aromatic carbocycles. The number of aromatic nitrogens is 1. The minimum atomic E-state index is -0.211. The fraction of sp³-hybridized carbons (Fsp3) is 0. The number of aromatic hydroxyl groups is 2. The number of hydrogen-bond donors (Lipinski definition) is 2. The molecule has 9 heavy (non-hydrogen) atoms. The molecule has 0 atom stereocenters. The predicted octanol–water partition coefficient (Wildman–Crippen LogP) is 1.15. The summed E-state index contributed by atoms with van der Waals surface area (Å²) in [5, 5.41) is 17.4. The Kier molecular flexibility index (Phi) is 1.44. The van der Waals surface area contributed by atoms with Crippen molar-refractivity contribution in [3.05, 3.63) is 17.4 Å². The Balaban J connectivity index is 3.25. The van der Waals surface area contributed by atoms with Gasteiger partial charge in [0.05, 0.1) is 12.4 Å². The van der Waals surface area contributed by atoms with Crippen molar-refractivity contribution in [2.24, 2.45) is 0 Å². The Morgan fingerprint density at radius 2 is 1.67 bits per heavy atom. The van der Waals surface area contributed by atoms with Crippen LogP contribution in [-0.2, 0) is 0 Å². The molecule has 4 heteroatoms. The molecule has 0 saturated heterocycles. The number of pyridine rings is 1. The molecule has 1 rings (SSSR count). The van der Waals surface area contributed by atoms with Crippen LogP contribution in [0.1, 0.15) is 0 Å². The highest BCUT2D eigenvalue weighted by Crippen LogP contribution is 2.29. The van der Waals surface area contributed by atoms with Crippen LogP contribution < -0.4 is 0 Å². The zero-order chi connectivity index (χ0) is 6.85. The van der Waals surface area contributed by atoms with Gasteiger partial charge in [-0.1, -0.05) is 11.6 Å². The van der Waals surface area contributed by atoms with E-state index >= 15 is 0 Å². The van der Waals surface area contributed by atoms with E-state index in [1.165, 1.54) is 0 Å². The van der Waals surface area contributed by atoms with E-state index in [-0.39, 0.29) is 16.5 Å². The van der Waals surface area contributed by atoms with Gasteiger partial charge in [-0.05, 0) is 0 Å². The first-order chi connectivity index (χ1) is 4.22. The first-order valence-electron chi connectivity index (χ1n) is 2.23. The van der Waals surface area contributed by atoms with Crippen molar-refractivity contribution in [2.45, 2.75) is 0 Å². The lowest BCUT2D eigenvalue weighted by Crippen LogP contribution is -1.72. The predicted molar refractivity (Wildman–Crippen MR) is 32.6 cm³/mol. The van der Waals surface area contributed by atoms with Gasteiger partial charge < -0.3 is 10.2 Å². The van der Waals surface area contributed by atoms with Crippen LogP contribution in [0.15, 0.2) is 12.4 Å². The molecular weight excluding hydrogens is 142 g/mol. The first kappa shape index (κ1) is 6.16. The smallest absolute Gasteiger partial charge is 0.156 e. The summed E-state index contributed by atoms with van der Waals surface area (Å²) in [5.41, 5.74) is 0. The molecule has 48 valence electrons. The second-order valence-corrected chi connectivity index (χ2v) is 1.87. The van der Waals surface area contributed by atoms with Gasteiger partial charge in [-0.3, -0.25) is 4.98 Å². The number of nitrogens with zero attached hydrogens (tertiary/aromatic N) is 1. The Labute approximate surface area is 56.5 Å². The van der Waals surface area contributed by atoms with Crippen LogP contribution in [0.3, 0.4) is 0 Å². The summed E-state index contributed by atoms with van der Waals surface area (Å²) < 4.78 is 0. The van der Waals surface area contributed by atoms with E-state index in [1.807, 2.05) is 0 Å². The van der Waals surface area contributed by atoms with Crippen LogP contribution in [0, 0.1) is 0 Å². The zero-order valence-corrected chi connectivity index (χ0v) is 5.13. The van der Waals surface area contributed by atoms with E-state index in [2.05, 4.69) is 4.98 Å². The van der Waals surface area contributed by atoms with E-state index in [0.29, 0.717) is 0 Å². The molecule has 2 N–H and O–H groups in total. The monoisotopic (exact) mass is 145 g/mol. The molecule has 0 saturated carbocycles. The van der Waals surface area contributed by atoms with E-state index in [1.54, 1.807) is 0 Å². The van der Waals surface area contributed by atoms with Crippen LogP contribution in [0.4, 0.5) is 0 Å². The third-order valence-corrected chi connectivity index (χ3v) is 1.23. The van der Waals surface area contributed by atoms with Crippen molar-refractivity contribution < 1.29 is 10.2 Å². The topological polar surface area (TPSA) is 53.4 Å². The number of halogens is 1. The number of hydrogen-bond acceptors (Lipinski definition) is 3.